The third kappa shape index (κ3) is 5.68. The van der Waals surface area contributed by atoms with E-state index in [4.69, 9.17) is 9.47 Å². The van der Waals surface area contributed by atoms with E-state index in [0.717, 1.165) is 11.1 Å². The third-order valence-corrected chi connectivity index (χ3v) is 3.14. The highest BCUT2D eigenvalue weighted by Gasteiger charge is 2.03. The van der Waals surface area contributed by atoms with Gasteiger partial charge in [0, 0.05) is 6.42 Å². The second-order valence-electron chi connectivity index (χ2n) is 5.02. The van der Waals surface area contributed by atoms with E-state index in [1.807, 2.05) is 0 Å². The Hall–Kier alpha value is -2.95. The number of phenols is 2. The summed E-state index contributed by atoms with van der Waals surface area (Å²) in [6.07, 6.45) is 2.07. The van der Waals surface area contributed by atoms with Crippen LogP contribution in [0.25, 0.3) is 6.08 Å². The highest BCUT2D eigenvalue weighted by atomic mass is 16.5. The second-order valence-corrected chi connectivity index (χ2v) is 5.02. The van der Waals surface area contributed by atoms with Crippen LogP contribution in [0.5, 0.6) is 23.0 Å². The van der Waals surface area contributed by atoms with Crippen molar-refractivity contribution in [2.45, 2.75) is 13.3 Å². The number of benzene rings is 2. The van der Waals surface area contributed by atoms with E-state index in [0.29, 0.717) is 17.9 Å². The molecule has 0 spiro atoms. The maximum atomic E-state index is 10.8. The number of phenolic OH excluding ortho intramolecular Hbond substituents is 2. The molecule has 5 heteroatoms. The first-order valence-corrected chi connectivity index (χ1v) is 7.26. The zero-order valence-electron chi connectivity index (χ0n) is 14.1. The fraction of sp³-hybridized carbons (Fsp3) is 0.211. The van der Waals surface area contributed by atoms with Crippen LogP contribution in [0.2, 0.25) is 0 Å². The summed E-state index contributed by atoms with van der Waals surface area (Å²) in [7, 11) is 2.99. The van der Waals surface area contributed by atoms with E-state index >= 15 is 0 Å². The van der Waals surface area contributed by atoms with Crippen LogP contribution in [0.3, 0.4) is 0 Å². The molecule has 0 heterocycles. The van der Waals surface area contributed by atoms with Crippen molar-refractivity contribution in [2.24, 2.45) is 0 Å². The Kier molecular flexibility index (Phi) is 7.36. The molecule has 0 aromatic heterocycles. The number of ether oxygens (including phenoxy) is 2. The summed E-state index contributed by atoms with van der Waals surface area (Å²) in [5, 5.41) is 18.4. The van der Waals surface area contributed by atoms with Gasteiger partial charge in [-0.15, -0.1) is 0 Å². The maximum Gasteiger partial charge on any atom is 0.161 e. The highest BCUT2D eigenvalue weighted by molar-refractivity contribution is 5.78. The molecular weight excluding hydrogens is 308 g/mol. The molecule has 0 fully saturated rings. The van der Waals surface area contributed by atoms with Gasteiger partial charge in [0.1, 0.15) is 5.78 Å². The molecule has 0 unspecified atom stereocenters. The summed E-state index contributed by atoms with van der Waals surface area (Å²) in [6.45, 7) is 5.13. The number of rotatable bonds is 5. The normalized spacial score (nSPS) is 9.46. The number of carbonyl (C=O) groups is 1. The Labute approximate surface area is 141 Å². The molecule has 2 aromatic carbocycles. The van der Waals surface area contributed by atoms with Crippen LogP contribution in [0, 0.1) is 0 Å². The quantitative estimate of drug-likeness (QED) is 0.876. The Morgan fingerprint density at radius 1 is 1.04 bits per heavy atom. The van der Waals surface area contributed by atoms with Gasteiger partial charge in [-0.1, -0.05) is 24.8 Å². The summed E-state index contributed by atoms with van der Waals surface area (Å²) < 4.78 is 9.80. The number of hydrogen-bond donors (Lipinski definition) is 2. The molecule has 5 nitrogen and oxygen atoms in total. The van der Waals surface area contributed by atoms with Gasteiger partial charge in [0.15, 0.2) is 23.0 Å². The van der Waals surface area contributed by atoms with Gasteiger partial charge in [-0.3, -0.25) is 4.79 Å². The summed E-state index contributed by atoms with van der Waals surface area (Å²) in [5.41, 5.74) is 1.78. The number of Topliss-reactive ketones (excluding diaryl/α,β-unsaturated/α-hetero) is 1. The summed E-state index contributed by atoms with van der Waals surface area (Å²) >= 11 is 0. The second kappa shape index (κ2) is 9.25. The lowest BCUT2D eigenvalue weighted by Gasteiger charge is -2.04. The smallest absolute Gasteiger partial charge is 0.161 e. The third-order valence-electron chi connectivity index (χ3n) is 3.14. The molecule has 2 aromatic rings. The van der Waals surface area contributed by atoms with E-state index in [1.54, 1.807) is 36.4 Å². The molecule has 2 N–H and O–H groups in total. The van der Waals surface area contributed by atoms with Crippen molar-refractivity contribution >= 4 is 11.9 Å². The molecule has 0 saturated heterocycles. The fourth-order valence-corrected chi connectivity index (χ4v) is 1.94. The van der Waals surface area contributed by atoms with Crippen LogP contribution in [0.15, 0.2) is 43.0 Å². The standard InChI is InChI=1S/C10H12O3.C9H10O2/c1-7(11)5-8-3-4-9(12)10(6-8)13-2;1-3-7-4-5-8(10)9(6-7)11-2/h3-4,6,12H,5H2,1-2H3;3-6,10H,1H2,2H3. The molecule has 24 heavy (non-hydrogen) atoms. The van der Waals surface area contributed by atoms with Crippen molar-refractivity contribution in [1.29, 1.82) is 0 Å². The molecule has 128 valence electrons. The van der Waals surface area contributed by atoms with Gasteiger partial charge in [-0.25, -0.2) is 0 Å². The number of ketones is 1. The van der Waals surface area contributed by atoms with E-state index in [1.165, 1.54) is 27.2 Å². The number of carbonyl (C=O) groups excluding carboxylic acids is 1. The van der Waals surface area contributed by atoms with E-state index < -0.39 is 0 Å². The van der Waals surface area contributed by atoms with Crippen LogP contribution in [0.1, 0.15) is 18.1 Å². The molecule has 0 amide bonds. The van der Waals surface area contributed by atoms with Gasteiger partial charge >= 0.3 is 0 Å². The maximum absolute atomic E-state index is 10.8. The summed E-state index contributed by atoms with van der Waals surface area (Å²) in [5.74, 6) is 1.21. The lowest BCUT2D eigenvalue weighted by Crippen LogP contribution is -1.96. The molecular formula is C19H22O5. The lowest BCUT2D eigenvalue weighted by atomic mass is 10.1. The van der Waals surface area contributed by atoms with Gasteiger partial charge in [0.25, 0.3) is 0 Å². The molecule has 0 aliphatic rings. The topological polar surface area (TPSA) is 76.0 Å². The predicted octanol–water partition coefficient (Wildman–Crippen LogP) is 3.58. The van der Waals surface area contributed by atoms with Crippen molar-refractivity contribution in [1.82, 2.24) is 0 Å². The van der Waals surface area contributed by atoms with Crippen LogP contribution in [-0.4, -0.2) is 30.2 Å². The van der Waals surface area contributed by atoms with E-state index in [-0.39, 0.29) is 17.3 Å². The van der Waals surface area contributed by atoms with Crippen LogP contribution in [-0.2, 0) is 11.2 Å². The molecule has 0 radical (unpaired) electrons. The first-order chi connectivity index (χ1) is 11.4. The number of aromatic hydroxyl groups is 2. The minimum absolute atomic E-state index is 0.0905. The lowest BCUT2D eigenvalue weighted by molar-refractivity contribution is -0.116. The zero-order valence-corrected chi connectivity index (χ0v) is 14.1. The van der Waals surface area contributed by atoms with Crippen molar-refractivity contribution in [3.63, 3.8) is 0 Å². The minimum atomic E-state index is 0.0905. The average Bonchev–Trinajstić information content (AvgIpc) is 2.57. The van der Waals surface area contributed by atoms with Crippen LogP contribution < -0.4 is 9.47 Å². The SMILES string of the molecule is C=Cc1ccc(O)c(OC)c1.COc1cc(CC(C)=O)ccc1O. The Bertz CT molecular complexity index is 707. The number of hydrogen-bond acceptors (Lipinski definition) is 5. The first-order valence-electron chi connectivity index (χ1n) is 7.26. The summed E-state index contributed by atoms with van der Waals surface area (Å²) in [4.78, 5) is 10.8. The van der Waals surface area contributed by atoms with Gasteiger partial charge in [-0.05, 0) is 42.3 Å². The Morgan fingerprint density at radius 3 is 2.08 bits per heavy atom. The highest BCUT2D eigenvalue weighted by Crippen LogP contribution is 2.27. The van der Waals surface area contributed by atoms with E-state index in [2.05, 4.69) is 6.58 Å². The molecule has 2 rings (SSSR count). The Balaban J connectivity index is 0.000000243. The molecule has 0 bridgehead atoms. The van der Waals surface area contributed by atoms with Crippen molar-refractivity contribution in [3.8, 4) is 23.0 Å². The largest absolute Gasteiger partial charge is 0.504 e. The predicted molar refractivity (Wildman–Crippen MR) is 93.8 cm³/mol. The van der Waals surface area contributed by atoms with Crippen molar-refractivity contribution in [2.75, 3.05) is 14.2 Å². The van der Waals surface area contributed by atoms with Crippen molar-refractivity contribution < 1.29 is 24.5 Å². The van der Waals surface area contributed by atoms with Gasteiger partial charge < -0.3 is 19.7 Å². The van der Waals surface area contributed by atoms with Gasteiger partial charge in [0.05, 0.1) is 14.2 Å². The van der Waals surface area contributed by atoms with Gasteiger partial charge in [0.2, 0.25) is 0 Å². The van der Waals surface area contributed by atoms with Gasteiger partial charge in [-0.2, -0.15) is 0 Å². The number of methoxy groups -OCH3 is 2. The zero-order chi connectivity index (χ0) is 18.1. The molecule has 0 atom stereocenters. The van der Waals surface area contributed by atoms with Crippen LogP contribution >= 0.6 is 0 Å². The monoisotopic (exact) mass is 330 g/mol. The van der Waals surface area contributed by atoms with Crippen LogP contribution in [0.4, 0.5) is 0 Å². The Morgan fingerprint density at radius 2 is 1.58 bits per heavy atom. The molecule has 0 aliphatic heterocycles. The molecule has 0 aliphatic carbocycles. The van der Waals surface area contributed by atoms with E-state index in [9.17, 15) is 15.0 Å². The van der Waals surface area contributed by atoms with Crippen molar-refractivity contribution in [3.05, 3.63) is 54.1 Å². The summed E-state index contributed by atoms with van der Waals surface area (Å²) in [6, 6.07) is 9.97. The first kappa shape index (κ1) is 19.1. The fourth-order valence-electron chi connectivity index (χ4n) is 1.94. The minimum Gasteiger partial charge on any atom is -0.504 e. The molecule has 0 saturated carbocycles. The average molecular weight is 330 g/mol.